The van der Waals surface area contributed by atoms with Crippen molar-refractivity contribution in [3.05, 3.63) is 81.9 Å². The summed E-state index contributed by atoms with van der Waals surface area (Å²) >= 11 is 5.82. The van der Waals surface area contributed by atoms with Crippen LogP contribution < -0.4 is 16.0 Å². The van der Waals surface area contributed by atoms with Gasteiger partial charge in [0, 0.05) is 42.7 Å². The maximum atomic E-state index is 14.1. The van der Waals surface area contributed by atoms with Crippen LogP contribution in [0.1, 0.15) is 36.5 Å². The summed E-state index contributed by atoms with van der Waals surface area (Å²) in [5.74, 6) is -3.44. The van der Waals surface area contributed by atoms with Crippen molar-refractivity contribution in [3.8, 4) is 0 Å². The molecule has 2 fully saturated rings. The summed E-state index contributed by atoms with van der Waals surface area (Å²) in [5, 5.41) is 13.4. The molecule has 2 aliphatic heterocycles. The average molecular weight is 552 g/mol. The standard InChI is InChI=1S/C26H26ClF3N4O4/c27-16-7-15(8-18(29)9-16)12-33-24(35)26(37)5-6-34(25(26)36)20(11-31)13-32-19-2-4-23(38-14-19)21-10-17(28)1-3-22(21)30/h1,3,7-11,13,19,23,37H,2,4-6,12,14,31H2,(H,33,35)/p+1/t19-,23+,26+/m1/s1. The molecule has 0 spiro atoms. The highest BCUT2D eigenvalue weighted by Gasteiger charge is 2.52. The van der Waals surface area contributed by atoms with E-state index in [1.54, 1.807) is 0 Å². The number of carbonyl (C=O) groups is 2. The van der Waals surface area contributed by atoms with Gasteiger partial charge in [0.05, 0.1) is 6.10 Å². The molecule has 3 atom stereocenters. The predicted octanol–water partition coefficient (Wildman–Crippen LogP) is 1.21. The third kappa shape index (κ3) is 6.01. The van der Waals surface area contributed by atoms with Crippen LogP contribution in [-0.2, 0) is 20.9 Å². The molecule has 0 unspecified atom stereocenters. The van der Waals surface area contributed by atoms with E-state index in [2.05, 4.69) is 10.3 Å². The maximum absolute atomic E-state index is 14.1. The fourth-order valence-corrected chi connectivity index (χ4v) is 4.76. The smallest absolute Gasteiger partial charge is 0.269 e. The first kappa shape index (κ1) is 27.6. The lowest BCUT2D eigenvalue weighted by Gasteiger charge is -2.25. The lowest BCUT2D eigenvalue weighted by Crippen LogP contribution is -2.79. The van der Waals surface area contributed by atoms with Gasteiger partial charge in [-0.1, -0.05) is 11.6 Å². The number of carbonyl (C=O) groups excluding carboxylic acids is 2. The third-order valence-electron chi connectivity index (χ3n) is 6.58. The van der Waals surface area contributed by atoms with Crippen molar-refractivity contribution < 1.29 is 37.6 Å². The number of halogens is 4. The Hall–Kier alpha value is -3.41. The molecule has 2 aliphatic rings. The molecule has 12 heteroatoms. The molecular formula is C26H27ClF3N4O4+. The molecule has 202 valence electrons. The van der Waals surface area contributed by atoms with Gasteiger partial charge in [0.25, 0.3) is 11.8 Å². The van der Waals surface area contributed by atoms with E-state index in [4.69, 9.17) is 22.1 Å². The van der Waals surface area contributed by atoms with Crippen molar-refractivity contribution in [2.75, 3.05) is 13.2 Å². The Kier molecular flexibility index (Phi) is 8.39. The van der Waals surface area contributed by atoms with Crippen LogP contribution in [0.2, 0.25) is 5.02 Å². The number of ether oxygens (including phenoxy) is 1. The molecule has 2 saturated heterocycles. The van der Waals surface area contributed by atoms with Gasteiger partial charge in [-0.2, -0.15) is 0 Å². The van der Waals surface area contributed by atoms with E-state index in [-0.39, 0.29) is 48.4 Å². The monoisotopic (exact) mass is 551 g/mol. The van der Waals surface area contributed by atoms with Crippen molar-refractivity contribution in [2.45, 2.75) is 43.6 Å². The maximum Gasteiger partial charge on any atom is 0.269 e. The van der Waals surface area contributed by atoms with Gasteiger partial charge in [0.1, 0.15) is 29.8 Å². The van der Waals surface area contributed by atoms with Crippen LogP contribution in [0.25, 0.3) is 0 Å². The van der Waals surface area contributed by atoms with Crippen molar-refractivity contribution in [2.24, 2.45) is 5.73 Å². The highest BCUT2D eigenvalue weighted by atomic mass is 35.5. The minimum Gasteiger partial charge on any atom is -0.403 e. The molecule has 2 amide bonds. The van der Waals surface area contributed by atoms with Crippen molar-refractivity contribution in [3.63, 3.8) is 0 Å². The molecule has 0 bridgehead atoms. The Bertz CT molecular complexity index is 1260. The van der Waals surface area contributed by atoms with Crippen molar-refractivity contribution in [1.82, 2.24) is 10.2 Å². The fourth-order valence-electron chi connectivity index (χ4n) is 4.51. The van der Waals surface area contributed by atoms with Crippen LogP contribution in [0.4, 0.5) is 13.2 Å². The summed E-state index contributed by atoms with van der Waals surface area (Å²) in [6.07, 6.45) is 2.89. The highest BCUT2D eigenvalue weighted by molar-refractivity contribution is 6.30. The molecule has 0 radical (unpaired) electrons. The molecule has 0 saturated carbocycles. The summed E-state index contributed by atoms with van der Waals surface area (Å²) in [5.41, 5.74) is 4.16. The van der Waals surface area contributed by atoms with Crippen LogP contribution >= 0.6 is 11.6 Å². The minimum atomic E-state index is -2.32. The molecule has 0 aromatic heterocycles. The number of hydrogen-bond donors (Lipinski definition) is 4. The first-order valence-electron chi connectivity index (χ1n) is 12.0. The number of benzene rings is 2. The van der Waals surface area contributed by atoms with Gasteiger partial charge >= 0.3 is 0 Å². The van der Waals surface area contributed by atoms with E-state index in [0.29, 0.717) is 18.4 Å². The largest absolute Gasteiger partial charge is 0.403 e. The second-order valence-corrected chi connectivity index (χ2v) is 9.63. The summed E-state index contributed by atoms with van der Waals surface area (Å²) in [4.78, 5) is 30.0. The number of aliphatic hydroxyl groups is 1. The molecule has 5 N–H and O–H groups in total. The molecular weight excluding hydrogens is 525 g/mol. The Labute approximate surface area is 221 Å². The average Bonchev–Trinajstić information content (AvgIpc) is 3.19. The van der Waals surface area contributed by atoms with Gasteiger partial charge in [0.2, 0.25) is 5.60 Å². The number of nitrogens with two attached hydrogens (primary N) is 1. The predicted molar refractivity (Wildman–Crippen MR) is 132 cm³/mol. The number of likely N-dealkylation sites (tertiary alicyclic amines) is 1. The zero-order valence-electron chi connectivity index (χ0n) is 20.2. The highest BCUT2D eigenvalue weighted by Crippen LogP contribution is 2.30. The summed E-state index contributed by atoms with van der Waals surface area (Å²) in [7, 11) is 0. The number of nitrogens with one attached hydrogen (secondary N) is 2. The second kappa shape index (κ2) is 11.5. The van der Waals surface area contributed by atoms with Crippen LogP contribution in [0.5, 0.6) is 0 Å². The number of hydrogen-bond acceptors (Lipinski definition) is 5. The number of nitrogens with zero attached hydrogens (tertiary/aromatic N) is 1. The van der Waals surface area contributed by atoms with E-state index in [1.807, 2.05) is 0 Å². The normalized spacial score (nSPS) is 24.3. The second-order valence-electron chi connectivity index (χ2n) is 9.19. The quantitative estimate of drug-likeness (QED) is 0.305. The van der Waals surface area contributed by atoms with Gasteiger partial charge in [-0.05, 0) is 48.4 Å². The van der Waals surface area contributed by atoms with E-state index in [1.165, 1.54) is 23.2 Å². The van der Waals surface area contributed by atoms with Gasteiger partial charge in [0.15, 0.2) is 12.3 Å². The van der Waals surface area contributed by atoms with E-state index in [9.17, 15) is 27.9 Å². The third-order valence-corrected chi connectivity index (χ3v) is 6.80. The number of amides is 2. The Morgan fingerprint density at radius 1 is 1.24 bits per heavy atom. The van der Waals surface area contributed by atoms with Crippen LogP contribution in [0.3, 0.4) is 0 Å². The first-order chi connectivity index (χ1) is 18.1. The Morgan fingerprint density at radius 3 is 2.71 bits per heavy atom. The molecule has 0 aliphatic carbocycles. The number of allylic oxidation sites excluding steroid dienone is 1. The SMILES string of the molecule is NC=C(C=[NH+][C@@H]1CC[C@@H](c2cc(F)ccc2F)OC1)N1CC[C@](O)(C(=O)NCc2cc(F)cc(Cl)c2)C1=O. The van der Waals surface area contributed by atoms with E-state index < -0.39 is 41.0 Å². The molecule has 4 rings (SSSR count). The van der Waals surface area contributed by atoms with E-state index >= 15 is 0 Å². The Balaban J connectivity index is 1.34. The summed E-state index contributed by atoms with van der Waals surface area (Å²) in [6.45, 7) is 0.0819. The van der Waals surface area contributed by atoms with Crippen LogP contribution in [-0.4, -0.2) is 52.8 Å². The zero-order valence-corrected chi connectivity index (χ0v) is 21.0. The minimum absolute atomic E-state index is 0.0256. The summed E-state index contributed by atoms with van der Waals surface area (Å²) < 4.78 is 46.8. The topological polar surface area (TPSA) is 119 Å². The van der Waals surface area contributed by atoms with E-state index in [0.717, 1.165) is 30.5 Å². The number of rotatable bonds is 7. The van der Waals surface area contributed by atoms with Crippen molar-refractivity contribution >= 4 is 29.6 Å². The molecule has 8 nitrogen and oxygen atoms in total. The molecule has 2 heterocycles. The van der Waals surface area contributed by atoms with Gasteiger partial charge in [-0.25, -0.2) is 18.2 Å². The molecule has 2 aromatic rings. The van der Waals surface area contributed by atoms with Gasteiger partial charge in [-0.3, -0.25) is 9.59 Å². The van der Waals surface area contributed by atoms with Gasteiger partial charge in [-0.15, -0.1) is 0 Å². The summed E-state index contributed by atoms with van der Waals surface area (Å²) in [6, 6.07) is 6.80. The first-order valence-corrected chi connectivity index (χ1v) is 12.3. The molecule has 38 heavy (non-hydrogen) atoms. The molecule has 2 aromatic carbocycles. The zero-order chi connectivity index (χ0) is 27.4. The van der Waals surface area contributed by atoms with Gasteiger partial charge < -0.3 is 25.8 Å². The van der Waals surface area contributed by atoms with Crippen molar-refractivity contribution in [1.29, 1.82) is 0 Å². The van der Waals surface area contributed by atoms with Crippen LogP contribution in [0.15, 0.2) is 48.3 Å². The van der Waals surface area contributed by atoms with Crippen LogP contribution in [0, 0.1) is 17.5 Å². The lowest BCUT2D eigenvalue weighted by atomic mass is 9.98. The fraction of sp³-hybridized carbons (Fsp3) is 0.346. The lowest BCUT2D eigenvalue weighted by molar-refractivity contribution is -0.510. The Morgan fingerprint density at radius 2 is 2.03 bits per heavy atom.